The number of rotatable bonds is 8. The predicted molar refractivity (Wildman–Crippen MR) is 159 cm³/mol. The summed E-state index contributed by atoms with van der Waals surface area (Å²) in [5.74, 6) is -1.44. The van der Waals surface area contributed by atoms with Gasteiger partial charge >= 0.3 is 0 Å². The molecule has 0 aliphatic heterocycles. The molecule has 2 aromatic carbocycles. The Bertz CT molecular complexity index is 1820. The second-order valence-corrected chi connectivity index (χ2v) is 10.6. The van der Waals surface area contributed by atoms with Gasteiger partial charge in [-0.15, -0.1) is 0 Å². The van der Waals surface area contributed by atoms with Crippen molar-refractivity contribution in [2.45, 2.75) is 59.9 Å². The summed E-state index contributed by atoms with van der Waals surface area (Å²) in [4.78, 5) is 22.4. The van der Waals surface area contributed by atoms with Crippen LogP contribution in [0, 0.1) is 18.7 Å². The van der Waals surface area contributed by atoms with Gasteiger partial charge in [0.1, 0.15) is 11.5 Å². The third kappa shape index (κ3) is 5.22. The zero-order chi connectivity index (χ0) is 30.1. The van der Waals surface area contributed by atoms with Gasteiger partial charge in [-0.05, 0) is 74.1 Å². The van der Waals surface area contributed by atoms with Crippen LogP contribution in [0.5, 0.6) is 5.88 Å². The Morgan fingerprint density at radius 1 is 0.976 bits per heavy atom. The largest absolute Gasteiger partial charge is 0.493 e. The average molecular weight is 570 g/mol. The van der Waals surface area contributed by atoms with E-state index in [1.807, 2.05) is 52.1 Å². The molecule has 9 heteroatoms. The molecule has 0 bridgehead atoms. The van der Waals surface area contributed by atoms with Crippen LogP contribution < -0.4 is 5.56 Å². The van der Waals surface area contributed by atoms with Gasteiger partial charge in [0, 0.05) is 36.0 Å². The summed E-state index contributed by atoms with van der Waals surface area (Å²) in [6.45, 7) is 9.58. The fourth-order valence-electron chi connectivity index (χ4n) is 5.22. The zero-order valence-corrected chi connectivity index (χ0v) is 24.3. The third-order valence-corrected chi connectivity index (χ3v) is 7.56. The number of hydrogen-bond donors (Lipinski definition) is 1. The number of nitrogens with zero attached hydrogens (tertiary/aromatic N) is 5. The van der Waals surface area contributed by atoms with Crippen LogP contribution in [0.2, 0.25) is 0 Å². The maximum atomic E-state index is 15.3. The van der Waals surface area contributed by atoms with E-state index < -0.39 is 23.2 Å². The van der Waals surface area contributed by atoms with Gasteiger partial charge in [-0.3, -0.25) is 14.0 Å². The molecule has 0 unspecified atom stereocenters. The first-order chi connectivity index (χ1) is 20.1. The van der Waals surface area contributed by atoms with E-state index >= 15 is 4.39 Å². The molecule has 5 aromatic rings. The minimum Gasteiger partial charge on any atom is -0.493 e. The van der Waals surface area contributed by atoms with Gasteiger partial charge in [0.2, 0.25) is 11.8 Å². The summed E-state index contributed by atoms with van der Waals surface area (Å²) in [5, 5.41) is 15.7. The fraction of sp³-hybridized carbons (Fsp3) is 0.273. The van der Waals surface area contributed by atoms with E-state index in [0.29, 0.717) is 35.3 Å². The van der Waals surface area contributed by atoms with Crippen molar-refractivity contribution in [1.29, 1.82) is 0 Å². The van der Waals surface area contributed by atoms with Crippen LogP contribution in [0.4, 0.5) is 8.78 Å². The Labute approximate surface area is 243 Å². The smallest absolute Gasteiger partial charge is 0.265 e. The number of aryl methyl sites for hydroxylation is 2. The quantitative estimate of drug-likeness (QED) is 0.209. The molecule has 5 rings (SSSR count). The summed E-state index contributed by atoms with van der Waals surface area (Å²) in [6, 6.07) is 13.8. The first-order valence-electron chi connectivity index (χ1n) is 14.1. The first kappa shape index (κ1) is 28.9. The molecule has 0 spiro atoms. The van der Waals surface area contributed by atoms with Crippen molar-refractivity contribution >= 4 is 0 Å². The molecule has 0 radical (unpaired) electrons. The standard InChI is InChI=1S/C33H33F2N5O2/c1-6-22-9-8-10-23(7-2)29(22)40-31(28-14-16-39(38-28)19(3)4)37-32(41)26(33(40)42)17-21-11-12-25(27(34)18-21)24-13-15-36-30(35)20(24)5/h8-16,18-19,41H,6-7,17H2,1-5H3. The number of para-hydroxylation sites is 1. The van der Waals surface area contributed by atoms with E-state index in [2.05, 4.69) is 15.1 Å². The van der Waals surface area contributed by atoms with Crippen molar-refractivity contribution in [1.82, 2.24) is 24.3 Å². The van der Waals surface area contributed by atoms with Gasteiger partial charge in [0.15, 0.2) is 5.82 Å². The van der Waals surface area contributed by atoms with Gasteiger partial charge in [-0.1, -0.05) is 44.2 Å². The zero-order valence-electron chi connectivity index (χ0n) is 24.3. The second-order valence-electron chi connectivity index (χ2n) is 10.6. The molecule has 7 nitrogen and oxygen atoms in total. The van der Waals surface area contributed by atoms with Gasteiger partial charge in [-0.25, -0.2) is 9.37 Å². The summed E-state index contributed by atoms with van der Waals surface area (Å²) in [5.41, 5.74) is 3.97. The minimum atomic E-state index is -0.662. The number of hydrogen-bond acceptors (Lipinski definition) is 5. The van der Waals surface area contributed by atoms with Crippen LogP contribution in [0.15, 0.2) is 65.7 Å². The maximum Gasteiger partial charge on any atom is 0.265 e. The molecule has 216 valence electrons. The molecule has 0 aliphatic carbocycles. The minimum absolute atomic E-state index is 0.0355. The molecule has 3 heterocycles. The number of halogens is 2. The van der Waals surface area contributed by atoms with Crippen LogP contribution in [-0.2, 0) is 19.3 Å². The summed E-state index contributed by atoms with van der Waals surface area (Å²) in [7, 11) is 0. The molecule has 3 aromatic heterocycles. The number of aromatic nitrogens is 5. The van der Waals surface area contributed by atoms with Crippen molar-refractivity contribution in [3.05, 3.63) is 111 Å². The van der Waals surface area contributed by atoms with Crippen LogP contribution in [0.1, 0.15) is 61.6 Å². The summed E-state index contributed by atoms with van der Waals surface area (Å²) in [6.07, 6.45) is 4.39. The highest BCUT2D eigenvalue weighted by Crippen LogP contribution is 2.30. The average Bonchev–Trinajstić information content (AvgIpc) is 3.47. The lowest BCUT2D eigenvalue weighted by molar-refractivity contribution is 0.443. The highest BCUT2D eigenvalue weighted by molar-refractivity contribution is 5.68. The van der Waals surface area contributed by atoms with Gasteiger partial charge in [0.25, 0.3) is 5.56 Å². The van der Waals surface area contributed by atoms with Crippen LogP contribution >= 0.6 is 0 Å². The first-order valence-corrected chi connectivity index (χ1v) is 14.1. The Hall–Kier alpha value is -4.66. The molecule has 0 aliphatic rings. The normalized spacial score (nSPS) is 11.4. The predicted octanol–water partition coefficient (Wildman–Crippen LogP) is 6.75. The second kappa shape index (κ2) is 11.7. The highest BCUT2D eigenvalue weighted by Gasteiger charge is 2.24. The van der Waals surface area contributed by atoms with Crippen molar-refractivity contribution in [3.63, 3.8) is 0 Å². The molecule has 0 saturated carbocycles. The van der Waals surface area contributed by atoms with E-state index in [9.17, 15) is 14.3 Å². The molecule has 0 saturated heterocycles. The topological polar surface area (TPSA) is 85.8 Å². The molecule has 42 heavy (non-hydrogen) atoms. The molecule has 0 amide bonds. The summed E-state index contributed by atoms with van der Waals surface area (Å²) >= 11 is 0. The molecular weight excluding hydrogens is 536 g/mol. The monoisotopic (exact) mass is 569 g/mol. The Kier molecular flexibility index (Phi) is 8.02. The fourth-order valence-corrected chi connectivity index (χ4v) is 5.22. The van der Waals surface area contributed by atoms with Crippen LogP contribution in [0.25, 0.3) is 28.3 Å². The SMILES string of the molecule is CCc1cccc(CC)c1-n1c(-c2ccn(C(C)C)n2)nc(O)c(Cc2ccc(-c3ccnc(F)c3C)c(F)c2)c1=O. The van der Waals surface area contributed by atoms with E-state index in [-0.39, 0.29) is 35.0 Å². The van der Waals surface area contributed by atoms with Crippen molar-refractivity contribution in [2.24, 2.45) is 0 Å². The number of pyridine rings is 1. The Morgan fingerprint density at radius 2 is 1.69 bits per heavy atom. The van der Waals surface area contributed by atoms with Crippen molar-refractivity contribution in [3.8, 4) is 34.2 Å². The molecule has 1 N–H and O–H groups in total. The lowest BCUT2D eigenvalue weighted by Gasteiger charge is -2.20. The molecule has 0 atom stereocenters. The maximum absolute atomic E-state index is 15.3. The van der Waals surface area contributed by atoms with E-state index in [1.165, 1.54) is 16.8 Å². The van der Waals surface area contributed by atoms with Crippen molar-refractivity contribution < 1.29 is 13.9 Å². The molecular formula is C33H33F2N5O2. The summed E-state index contributed by atoms with van der Waals surface area (Å²) < 4.78 is 32.7. The Balaban J connectivity index is 1.68. The van der Waals surface area contributed by atoms with E-state index in [4.69, 9.17) is 0 Å². The van der Waals surface area contributed by atoms with E-state index in [1.54, 1.807) is 35.9 Å². The van der Waals surface area contributed by atoms with Crippen molar-refractivity contribution in [2.75, 3.05) is 0 Å². The molecule has 0 fully saturated rings. The van der Waals surface area contributed by atoms with Gasteiger partial charge < -0.3 is 5.11 Å². The number of aromatic hydroxyl groups is 1. The highest BCUT2D eigenvalue weighted by atomic mass is 19.1. The van der Waals surface area contributed by atoms with Crippen LogP contribution in [-0.4, -0.2) is 29.4 Å². The van der Waals surface area contributed by atoms with Gasteiger partial charge in [-0.2, -0.15) is 14.5 Å². The van der Waals surface area contributed by atoms with Crippen LogP contribution in [0.3, 0.4) is 0 Å². The van der Waals surface area contributed by atoms with E-state index in [0.717, 1.165) is 11.1 Å². The lowest BCUT2D eigenvalue weighted by atomic mass is 9.98. The Morgan fingerprint density at radius 3 is 2.31 bits per heavy atom. The number of benzene rings is 2. The third-order valence-electron chi connectivity index (χ3n) is 7.56. The van der Waals surface area contributed by atoms with Gasteiger partial charge in [0.05, 0.1) is 11.3 Å². The lowest BCUT2D eigenvalue weighted by Crippen LogP contribution is -2.27.